The van der Waals surface area contributed by atoms with Gasteiger partial charge in [-0.3, -0.25) is 9.69 Å². The highest BCUT2D eigenvalue weighted by molar-refractivity contribution is 5.74. The van der Waals surface area contributed by atoms with Crippen molar-refractivity contribution in [2.75, 3.05) is 38.7 Å². The van der Waals surface area contributed by atoms with Gasteiger partial charge in [0.1, 0.15) is 0 Å². The maximum atomic E-state index is 12.4. The monoisotopic (exact) mass is 318 g/mol. The fourth-order valence-electron chi connectivity index (χ4n) is 3.20. The second-order valence-corrected chi connectivity index (χ2v) is 7.53. The Bertz CT molecular complexity index is 531. The number of hydrogen-bond acceptors (Lipinski definition) is 4. The molecule has 2 atom stereocenters. The summed E-state index contributed by atoms with van der Waals surface area (Å²) < 4.78 is 5.33. The van der Waals surface area contributed by atoms with Gasteiger partial charge in [0, 0.05) is 44.3 Å². The van der Waals surface area contributed by atoms with E-state index < -0.39 is 0 Å². The van der Waals surface area contributed by atoms with Crippen molar-refractivity contribution in [2.45, 2.75) is 39.2 Å². The Morgan fingerprint density at radius 1 is 1.22 bits per heavy atom. The Morgan fingerprint density at radius 2 is 1.83 bits per heavy atom. The fraction of sp³-hybridized carbons (Fsp3) is 0.632. The number of rotatable bonds is 4. The molecule has 0 aliphatic carbocycles. The molecular formula is C19H30N2O2. The number of anilines is 1. The predicted octanol–water partition coefficient (Wildman–Crippen LogP) is 3.13. The van der Waals surface area contributed by atoms with Crippen LogP contribution in [-0.2, 0) is 9.53 Å². The van der Waals surface area contributed by atoms with E-state index in [9.17, 15) is 4.79 Å². The van der Waals surface area contributed by atoms with Crippen LogP contribution in [0.25, 0.3) is 0 Å². The smallest absolute Gasteiger partial charge is 0.310 e. The summed E-state index contributed by atoms with van der Waals surface area (Å²) in [5.74, 6) is 0.0461. The first-order valence-electron chi connectivity index (χ1n) is 8.43. The molecule has 1 aliphatic heterocycles. The molecule has 0 radical (unpaired) electrons. The summed E-state index contributed by atoms with van der Waals surface area (Å²) in [6.07, 6.45) is 0. The molecule has 0 N–H and O–H groups in total. The second-order valence-electron chi connectivity index (χ2n) is 7.53. The Kier molecular flexibility index (Phi) is 5.35. The molecule has 128 valence electrons. The van der Waals surface area contributed by atoms with E-state index in [0.29, 0.717) is 6.61 Å². The number of nitrogens with zero attached hydrogens (tertiary/aromatic N) is 2. The van der Waals surface area contributed by atoms with Crippen LogP contribution in [0, 0.1) is 5.92 Å². The van der Waals surface area contributed by atoms with Crippen molar-refractivity contribution in [1.82, 2.24) is 4.90 Å². The van der Waals surface area contributed by atoms with Crippen molar-refractivity contribution in [3.63, 3.8) is 0 Å². The SMILES string of the molecule is CCOC(=O)[C@@H]1CN(C(C)(C)C)C[C@H]1c1ccc(N(C)C)cc1. The van der Waals surface area contributed by atoms with Gasteiger partial charge in [0.15, 0.2) is 0 Å². The lowest BCUT2D eigenvalue weighted by Crippen LogP contribution is -2.40. The molecule has 0 aromatic heterocycles. The van der Waals surface area contributed by atoms with E-state index in [0.717, 1.165) is 13.1 Å². The minimum absolute atomic E-state index is 0.0586. The molecule has 2 rings (SSSR count). The van der Waals surface area contributed by atoms with Gasteiger partial charge in [-0.1, -0.05) is 12.1 Å². The van der Waals surface area contributed by atoms with Crippen molar-refractivity contribution in [1.29, 1.82) is 0 Å². The zero-order chi connectivity index (χ0) is 17.2. The summed E-state index contributed by atoms with van der Waals surface area (Å²) in [5.41, 5.74) is 2.45. The summed E-state index contributed by atoms with van der Waals surface area (Å²) in [6, 6.07) is 8.55. The van der Waals surface area contributed by atoms with Gasteiger partial charge in [-0.25, -0.2) is 0 Å². The molecule has 1 aromatic rings. The molecule has 23 heavy (non-hydrogen) atoms. The first kappa shape index (κ1) is 17.8. The molecular weight excluding hydrogens is 288 g/mol. The lowest BCUT2D eigenvalue weighted by atomic mass is 9.89. The summed E-state index contributed by atoms with van der Waals surface area (Å²) >= 11 is 0. The molecule has 1 saturated heterocycles. The van der Waals surface area contributed by atoms with Crippen LogP contribution < -0.4 is 4.90 Å². The fourth-order valence-corrected chi connectivity index (χ4v) is 3.20. The highest BCUT2D eigenvalue weighted by atomic mass is 16.5. The number of esters is 1. The zero-order valence-corrected chi connectivity index (χ0v) is 15.3. The van der Waals surface area contributed by atoms with Crippen molar-refractivity contribution in [3.05, 3.63) is 29.8 Å². The highest BCUT2D eigenvalue weighted by Crippen LogP contribution is 2.37. The highest BCUT2D eigenvalue weighted by Gasteiger charge is 2.42. The second kappa shape index (κ2) is 6.91. The molecule has 1 fully saturated rings. The van der Waals surface area contributed by atoms with Gasteiger partial charge in [0.25, 0.3) is 0 Å². The minimum Gasteiger partial charge on any atom is -0.466 e. The minimum atomic E-state index is -0.0839. The van der Waals surface area contributed by atoms with Crippen LogP contribution in [0.2, 0.25) is 0 Å². The molecule has 0 saturated carbocycles. The third kappa shape index (κ3) is 4.05. The maximum Gasteiger partial charge on any atom is 0.310 e. The Hall–Kier alpha value is -1.55. The van der Waals surface area contributed by atoms with E-state index in [4.69, 9.17) is 4.74 Å². The number of carbonyl (C=O) groups is 1. The number of benzene rings is 1. The van der Waals surface area contributed by atoms with Crippen molar-refractivity contribution in [3.8, 4) is 0 Å². The maximum absolute atomic E-state index is 12.4. The van der Waals surface area contributed by atoms with Crippen LogP contribution >= 0.6 is 0 Å². The number of carbonyl (C=O) groups excluding carboxylic acids is 1. The van der Waals surface area contributed by atoms with E-state index in [-0.39, 0.29) is 23.3 Å². The summed E-state index contributed by atoms with van der Waals surface area (Å²) in [4.78, 5) is 16.9. The van der Waals surface area contributed by atoms with Crippen LogP contribution in [0.1, 0.15) is 39.2 Å². The number of hydrogen-bond donors (Lipinski definition) is 0. The average molecular weight is 318 g/mol. The average Bonchev–Trinajstić information content (AvgIpc) is 2.93. The van der Waals surface area contributed by atoms with E-state index in [2.05, 4.69) is 54.8 Å². The first-order chi connectivity index (χ1) is 10.7. The molecule has 0 unspecified atom stereocenters. The van der Waals surface area contributed by atoms with Crippen LogP contribution in [0.4, 0.5) is 5.69 Å². The van der Waals surface area contributed by atoms with Crippen LogP contribution in [0.5, 0.6) is 0 Å². The predicted molar refractivity (Wildman–Crippen MR) is 95.0 cm³/mol. The van der Waals surface area contributed by atoms with Gasteiger partial charge in [-0.15, -0.1) is 0 Å². The Balaban J connectivity index is 2.26. The summed E-state index contributed by atoms with van der Waals surface area (Å²) in [6.45, 7) is 10.6. The van der Waals surface area contributed by atoms with Gasteiger partial charge in [0.2, 0.25) is 0 Å². The van der Waals surface area contributed by atoms with Gasteiger partial charge in [0.05, 0.1) is 12.5 Å². The van der Waals surface area contributed by atoms with Gasteiger partial charge in [-0.2, -0.15) is 0 Å². The molecule has 0 spiro atoms. The third-order valence-electron chi connectivity index (χ3n) is 4.70. The van der Waals surface area contributed by atoms with E-state index in [1.54, 1.807) is 0 Å². The first-order valence-corrected chi connectivity index (χ1v) is 8.43. The summed E-state index contributed by atoms with van der Waals surface area (Å²) in [5, 5.41) is 0. The topological polar surface area (TPSA) is 32.8 Å². The number of ether oxygens (including phenoxy) is 1. The number of likely N-dealkylation sites (tertiary alicyclic amines) is 1. The van der Waals surface area contributed by atoms with Gasteiger partial charge < -0.3 is 9.64 Å². The lowest BCUT2D eigenvalue weighted by Gasteiger charge is -2.31. The zero-order valence-electron chi connectivity index (χ0n) is 15.3. The van der Waals surface area contributed by atoms with E-state index in [1.807, 2.05) is 21.0 Å². The van der Waals surface area contributed by atoms with Crippen LogP contribution in [0.15, 0.2) is 24.3 Å². The Morgan fingerprint density at radius 3 is 2.30 bits per heavy atom. The Labute approximate surface area is 140 Å². The van der Waals surface area contributed by atoms with Crippen molar-refractivity contribution < 1.29 is 9.53 Å². The lowest BCUT2D eigenvalue weighted by molar-refractivity contribution is -0.148. The quantitative estimate of drug-likeness (QED) is 0.799. The molecule has 4 nitrogen and oxygen atoms in total. The molecule has 1 heterocycles. The summed E-state index contributed by atoms with van der Waals surface area (Å²) in [7, 11) is 4.07. The van der Waals surface area contributed by atoms with E-state index in [1.165, 1.54) is 11.3 Å². The van der Waals surface area contributed by atoms with Crippen molar-refractivity contribution >= 4 is 11.7 Å². The standard InChI is InChI=1S/C19H30N2O2/c1-7-23-18(22)17-13-21(19(2,3)4)12-16(17)14-8-10-15(11-9-14)20(5)6/h8-11,16-17H,7,12-13H2,1-6H3/t16-,17+/m0/s1. The molecule has 4 heteroatoms. The van der Waals surface area contributed by atoms with Gasteiger partial charge in [-0.05, 0) is 45.4 Å². The van der Waals surface area contributed by atoms with Crippen LogP contribution in [0.3, 0.4) is 0 Å². The molecule has 1 aromatic carbocycles. The van der Waals surface area contributed by atoms with E-state index >= 15 is 0 Å². The van der Waals surface area contributed by atoms with Crippen LogP contribution in [-0.4, -0.2) is 50.2 Å². The largest absolute Gasteiger partial charge is 0.466 e. The molecule has 1 aliphatic rings. The normalized spacial score (nSPS) is 22.2. The molecule has 0 bridgehead atoms. The van der Waals surface area contributed by atoms with Gasteiger partial charge >= 0.3 is 5.97 Å². The van der Waals surface area contributed by atoms with Crippen molar-refractivity contribution in [2.24, 2.45) is 5.92 Å². The third-order valence-corrected chi connectivity index (χ3v) is 4.70. The molecule has 0 amide bonds.